The minimum absolute atomic E-state index is 0.267. The fourth-order valence-corrected chi connectivity index (χ4v) is 0.727. The maximum absolute atomic E-state index is 9.76. The normalized spacial score (nSPS) is 9.44. The van der Waals surface area contributed by atoms with Gasteiger partial charge in [0.05, 0.1) is 0 Å². The third-order valence-electron chi connectivity index (χ3n) is 1.28. The van der Waals surface area contributed by atoms with Crippen LogP contribution in [0.2, 0.25) is 0 Å². The van der Waals surface area contributed by atoms with Crippen LogP contribution in [0, 0.1) is 4.91 Å². The van der Waals surface area contributed by atoms with Gasteiger partial charge in [-0.2, -0.15) is 4.91 Å². The van der Waals surface area contributed by atoms with Gasteiger partial charge in [0.25, 0.3) is 0 Å². The molecular formula is C6H8N2O. The number of aryl methyl sites for hydroxylation is 1. The second-order valence-corrected chi connectivity index (χ2v) is 1.90. The molecule has 0 aliphatic heterocycles. The molecule has 0 atom stereocenters. The van der Waals surface area contributed by atoms with Crippen molar-refractivity contribution in [2.45, 2.75) is 6.54 Å². The number of nitrogens with zero attached hydrogens (tertiary/aromatic N) is 2. The first-order chi connectivity index (χ1) is 4.34. The largest absolute Gasteiger partial charge is 0.353 e. The summed E-state index contributed by atoms with van der Waals surface area (Å²) in [6, 6.07) is 3.77. The molecule has 1 rings (SSSR count). The molecule has 0 radical (unpaired) electrons. The highest BCUT2D eigenvalue weighted by molar-refractivity contribution is 5.05. The summed E-state index contributed by atoms with van der Waals surface area (Å²) >= 11 is 0. The lowest BCUT2D eigenvalue weighted by atomic mass is 10.4. The average molecular weight is 124 g/mol. The summed E-state index contributed by atoms with van der Waals surface area (Å²) in [4.78, 5) is 9.76. The Bertz CT molecular complexity index is 205. The van der Waals surface area contributed by atoms with Crippen molar-refractivity contribution in [3.8, 4) is 0 Å². The maximum atomic E-state index is 9.76. The molecule has 48 valence electrons. The molecule has 0 aromatic carbocycles. The molecule has 0 unspecified atom stereocenters. The molecule has 0 amide bonds. The Hall–Kier alpha value is -1.12. The fourth-order valence-electron chi connectivity index (χ4n) is 0.727. The summed E-state index contributed by atoms with van der Waals surface area (Å²) in [7, 11) is 1.89. The smallest absolute Gasteiger partial charge is 0.121 e. The zero-order valence-corrected chi connectivity index (χ0v) is 5.24. The van der Waals surface area contributed by atoms with Crippen LogP contribution in [-0.4, -0.2) is 4.57 Å². The van der Waals surface area contributed by atoms with E-state index in [1.165, 1.54) is 0 Å². The Labute approximate surface area is 53.3 Å². The maximum Gasteiger partial charge on any atom is 0.121 e. The Morgan fingerprint density at radius 3 is 3.00 bits per heavy atom. The van der Waals surface area contributed by atoms with Crippen LogP contribution in [0.3, 0.4) is 0 Å². The molecule has 9 heavy (non-hydrogen) atoms. The molecule has 0 N–H and O–H groups in total. The van der Waals surface area contributed by atoms with E-state index in [1.807, 2.05) is 29.9 Å². The first kappa shape index (κ1) is 6.01. The van der Waals surface area contributed by atoms with Crippen molar-refractivity contribution >= 4 is 0 Å². The van der Waals surface area contributed by atoms with Crippen molar-refractivity contribution in [3.05, 3.63) is 28.9 Å². The first-order valence-electron chi connectivity index (χ1n) is 2.74. The third-order valence-corrected chi connectivity index (χ3v) is 1.28. The van der Waals surface area contributed by atoms with Crippen LogP contribution in [0.25, 0.3) is 0 Å². The van der Waals surface area contributed by atoms with Crippen molar-refractivity contribution < 1.29 is 0 Å². The van der Waals surface area contributed by atoms with Crippen molar-refractivity contribution in [1.29, 1.82) is 0 Å². The standard InChI is InChI=1S/C6H8N2O/c1-8-4-2-3-6(8)5-7-9/h2-4H,5H2,1H3. The highest BCUT2D eigenvalue weighted by Gasteiger charge is 1.93. The first-order valence-corrected chi connectivity index (χ1v) is 2.74. The Kier molecular flexibility index (Phi) is 1.63. The van der Waals surface area contributed by atoms with Gasteiger partial charge < -0.3 is 4.57 Å². The molecule has 0 spiro atoms. The minimum atomic E-state index is 0.267. The van der Waals surface area contributed by atoms with E-state index in [9.17, 15) is 4.91 Å². The lowest BCUT2D eigenvalue weighted by molar-refractivity contribution is 0.822. The molecule has 0 saturated carbocycles. The molecule has 0 fully saturated rings. The van der Waals surface area contributed by atoms with Gasteiger partial charge in [-0.3, -0.25) is 0 Å². The van der Waals surface area contributed by atoms with Crippen molar-refractivity contribution in [1.82, 2.24) is 4.57 Å². The van der Waals surface area contributed by atoms with Crippen LogP contribution >= 0.6 is 0 Å². The van der Waals surface area contributed by atoms with E-state index in [0.29, 0.717) is 0 Å². The van der Waals surface area contributed by atoms with Crippen molar-refractivity contribution in [2.75, 3.05) is 0 Å². The summed E-state index contributed by atoms with van der Waals surface area (Å²) < 4.78 is 1.88. The predicted molar refractivity (Wildman–Crippen MR) is 34.9 cm³/mol. The zero-order chi connectivity index (χ0) is 6.69. The summed E-state index contributed by atoms with van der Waals surface area (Å²) in [6.07, 6.45) is 1.89. The molecule has 0 bridgehead atoms. The summed E-state index contributed by atoms with van der Waals surface area (Å²) in [5.74, 6) is 0. The second kappa shape index (κ2) is 2.44. The van der Waals surface area contributed by atoms with Crippen LogP contribution in [0.1, 0.15) is 5.69 Å². The van der Waals surface area contributed by atoms with E-state index < -0.39 is 0 Å². The molecule has 0 aliphatic rings. The van der Waals surface area contributed by atoms with Gasteiger partial charge in [-0.25, -0.2) is 0 Å². The lowest BCUT2D eigenvalue weighted by Crippen LogP contribution is -1.91. The SMILES string of the molecule is Cn1cccc1CN=O. The predicted octanol–water partition coefficient (Wildman–Crippen LogP) is 1.29. The molecule has 0 aliphatic carbocycles. The minimum Gasteiger partial charge on any atom is -0.353 e. The topological polar surface area (TPSA) is 34.4 Å². The average Bonchev–Trinajstić information content (AvgIpc) is 2.18. The van der Waals surface area contributed by atoms with Crippen LogP contribution in [0.5, 0.6) is 0 Å². The molecular weight excluding hydrogens is 116 g/mol. The molecule has 0 saturated heterocycles. The number of nitroso groups, excluding NO2 is 1. The highest BCUT2D eigenvalue weighted by Crippen LogP contribution is 1.99. The Morgan fingerprint density at radius 1 is 1.78 bits per heavy atom. The van der Waals surface area contributed by atoms with Crippen molar-refractivity contribution in [2.24, 2.45) is 12.2 Å². The van der Waals surface area contributed by atoms with E-state index in [-0.39, 0.29) is 6.54 Å². The van der Waals surface area contributed by atoms with E-state index in [1.54, 1.807) is 0 Å². The quantitative estimate of drug-likeness (QED) is 0.547. The van der Waals surface area contributed by atoms with Crippen LogP contribution < -0.4 is 0 Å². The third kappa shape index (κ3) is 1.16. The number of hydrogen-bond donors (Lipinski definition) is 0. The van der Waals surface area contributed by atoms with E-state index >= 15 is 0 Å². The monoisotopic (exact) mass is 124 g/mol. The van der Waals surface area contributed by atoms with Crippen LogP contribution in [0.4, 0.5) is 0 Å². The van der Waals surface area contributed by atoms with Crippen molar-refractivity contribution in [3.63, 3.8) is 0 Å². The zero-order valence-electron chi connectivity index (χ0n) is 5.24. The van der Waals surface area contributed by atoms with Gasteiger partial charge in [-0.15, -0.1) is 0 Å². The summed E-state index contributed by atoms with van der Waals surface area (Å²) in [5.41, 5.74) is 0.949. The number of rotatable bonds is 2. The second-order valence-electron chi connectivity index (χ2n) is 1.90. The van der Waals surface area contributed by atoms with Gasteiger partial charge in [0, 0.05) is 18.9 Å². The fraction of sp³-hybridized carbons (Fsp3) is 0.333. The van der Waals surface area contributed by atoms with Crippen LogP contribution in [0.15, 0.2) is 23.5 Å². The van der Waals surface area contributed by atoms with Gasteiger partial charge in [-0.05, 0) is 12.1 Å². The molecule has 3 heteroatoms. The summed E-state index contributed by atoms with van der Waals surface area (Å²) in [6.45, 7) is 0.267. The van der Waals surface area contributed by atoms with Gasteiger partial charge in [-0.1, -0.05) is 5.18 Å². The van der Waals surface area contributed by atoms with Gasteiger partial charge in [0.15, 0.2) is 0 Å². The van der Waals surface area contributed by atoms with Crippen LogP contribution in [-0.2, 0) is 13.6 Å². The van der Waals surface area contributed by atoms with Gasteiger partial charge >= 0.3 is 0 Å². The summed E-state index contributed by atoms with van der Waals surface area (Å²) in [5, 5.41) is 2.77. The Morgan fingerprint density at radius 2 is 2.56 bits per heavy atom. The number of hydrogen-bond acceptors (Lipinski definition) is 2. The Balaban J connectivity index is 2.80. The van der Waals surface area contributed by atoms with E-state index in [4.69, 9.17) is 0 Å². The molecule has 1 aromatic rings. The molecule has 1 aromatic heterocycles. The molecule has 3 nitrogen and oxygen atoms in total. The van der Waals surface area contributed by atoms with Gasteiger partial charge in [0.1, 0.15) is 6.54 Å². The highest BCUT2D eigenvalue weighted by atomic mass is 16.3. The van der Waals surface area contributed by atoms with E-state index in [0.717, 1.165) is 5.69 Å². The number of aromatic nitrogens is 1. The van der Waals surface area contributed by atoms with E-state index in [2.05, 4.69) is 5.18 Å². The lowest BCUT2D eigenvalue weighted by Gasteiger charge is -1.93. The molecule has 1 heterocycles. The van der Waals surface area contributed by atoms with Gasteiger partial charge in [0.2, 0.25) is 0 Å².